The summed E-state index contributed by atoms with van der Waals surface area (Å²) in [6.45, 7) is 4.00. The Kier molecular flexibility index (Phi) is 9.16. The molecule has 0 atom stereocenters. The summed E-state index contributed by atoms with van der Waals surface area (Å²) in [6, 6.07) is 5.44. The van der Waals surface area contributed by atoms with Crippen molar-refractivity contribution in [1.29, 1.82) is 0 Å². The molecule has 1 aromatic carbocycles. The molecule has 2 amide bonds. The minimum Gasteiger partial charge on any atom is -0.496 e. The Labute approximate surface area is 121 Å². The summed E-state index contributed by atoms with van der Waals surface area (Å²) in [5.41, 5.74) is 4.97. The van der Waals surface area contributed by atoms with E-state index < -0.39 is 5.91 Å². The van der Waals surface area contributed by atoms with Crippen LogP contribution in [-0.2, 0) is 9.59 Å². The lowest BCUT2D eigenvalue weighted by Gasteiger charge is -2.04. The number of nitrogens with one attached hydrogen (secondary N) is 2. The maximum absolute atomic E-state index is 11.2. The summed E-state index contributed by atoms with van der Waals surface area (Å²) in [6.07, 6.45) is 3.27. The monoisotopic (exact) mass is 328 g/mol. The van der Waals surface area contributed by atoms with Crippen LogP contribution in [0.2, 0.25) is 0 Å². The van der Waals surface area contributed by atoms with Crippen molar-refractivity contribution in [2.45, 2.75) is 13.8 Å². The van der Waals surface area contributed by atoms with E-state index in [1.54, 1.807) is 25.3 Å². The number of hydrogen-bond acceptors (Lipinski definition) is 3. The largest absolute Gasteiger partial charge is 0.496 e. The van der Waals surface area contributed by atoms with E-state index in [0.29, 0.717) is 12.2 Å². The lowest BCUT2D eigenvalue weighted by molar-refractivity contribution is -0.120. The maximum atomic E-state index is 11.2. The number of carbonyl (C=O) groups excluding carboxylic acids is 2. The first-order valence-corrected chi connectivity index (χ1v) is 6.47. The van der Waals surface area contributed by atoms with E-state index in [-0.39, 0.29) is 0 Å². The molecule has 2 N–H and O–H groups in total. The van der Waals surface area contributed by atoms with Crippen LogP contribution in [0.25, 0.3) is 6.08 Å². The molecule has 0 saturated heterocycles. The molecule has 0 aliphatic rings. The first-order valence-electron chi connectivity index (χ1n) is 5.68. The van der Waals surface area contributed by atoms with Gasteiger partial charge >= 0.3 is 0 Å². The van der Waals surface area contributed by atoms with Gasteiger partial charge in [-0.2, -0.15) is 0 Å². The fourth-order valence-electron chi connectivity index (χ4n) is 1.13. The predicted molar refractivity (Wildman–Crippen MR) is 78.4 cm³/mol. The molecule has 0 saturated carbocycles. The zero-order chi connectivity index (χ0) is 14.7. The fourth-order valence-corrected chi connectivity index (χ4v) is 1.47. The Balaban J connectivity index is 0.00000154. The van der Waals surface area contributed by atoms with Crippen LogP contribution in [0.4, 0.5) is 0 Å². The van der Waals surface area contributed by atoms with Crippen LogP contribution in [0.5, 0.6) is 5.75 Å². The number of benzene rings is 1. The van der Waals surface area contributed by atoms with E-state index in [1.807, 2.05) is 19.9 Å². The minimum atomic E-state index is -0.429. The maximum Gasteiger partial charge on any atom is 0.262 e. The molecule has 0 unspecified atom stereocenters. The third-order valence-electron chi connectivity index (χ3n) is 1.86. The topological polar surface area (TPSA) is 67.4 Å². The van der Waals surface area contributed by atoms with Gasteiger partial charge in [-0.05, 0) is 18.2 Å². The van der Waals surface area contributed by atoms with Crippen molar-refractivity contribution in [3.8, 4) is 5.75 Å². The summed E-state index contributed by atoms with van der Waals surface area (Å²) in [7, 11) is 1.55. The number of hydrogen-bond donors (Lipinski definition) is 2. The van der Waals surface area contributed by atoms with Crippen molar-refractivity contribution in [3.05, 3.63) is 34.3 Å². The molecular weight excluding hydrogens is 312 g/mol. The number of methoxy groups -OCH3 is 1. The molecule has 6 heteroatoms. The third-order valence-corrected chi connectivity index (χ3v) is 2.36. The Morgan fingerprint density at radius 1 is 1.37 bits per heavy atom. The second-order valence-corrected chi connectivity index (χ2v) is 3.89. The van der Waals surface area contributed by atoms with Gasteiger partial charge in [0.15, 0.2) is 0 Å². The van der Waals surface area contributed by atoms with Crippen molar-refractivity contribution >= 4 is 34.3 Å². The van der Waals surface area contributed by atoms with Gasteiger partial charge in [0.25, 0.3) is 5.91 Å². The number of carbonyl (C=O) groups is 2. The second-order valence-electron chi connectivity index (χ2n) is 2.97. The van der Waals surface area contributed by atoms with Crippen molar-refractivity contribution in [2.24, 2.45) is 0 Å². The fraction of sp³-hybridized carbons (Fsp3) is 0.231. The number of rotatable bonds is 5. The molecule has 0 aliphatic carbocycles. The molecule has 5 nitrogen and oxygen atoms in total. The SMILES string of the molecule is CC.COc1cc(Br)ccc1/C=C/C(=O)NNC=O. The molecular formula is C13H17BrN2O3. The van der Waals surface area contributed by atoms with Crippen LogP contribution in [0, 0.1) is 0 Å². The predicted octanol–water partition coefficient (Wildman–Crippen LogP) is 2.27. The first kappa shape index (κ1) is 17.2. The Hall–Kier alpha value is -1.82. The Morgan fingerprint density at radius 2 is 2.05 bits per heavy atom. The highest BCUT2D eigenvalue weighted by Gasteiger charge is 2.01. The normalized spacial score (nSPS) is 9.26. The molecule has 0 aliphatic heterocycles. The highest BCUT2D eigenvalue weighted by molar-refractivity contribution is 9.10. The van der Waals surface area contributed by atoms with Crippen molar-refractivity contribution in [3.63, 3.8) is 0 Å². The standard InChI is InChI=1S/C11H11BrN2O3.C2H6/c1-17-10-6-9(12)4-2-8(10)3-5-11(16)14-13-7-15;1-2/h2-7H,1H3,(H,13,15)(H,14,16);1-2H3/b5-3+;. The summed E-state index contributed by atoms with van der Waals surface area (Å²) in [5.74, 6) is 0.217. The average Bonchev–Trinajstić information content (AvgIpc) is 2.45. The highest BCUT2D eigenvalue weighted by Crippen LogP contribution is 2.24. The summed E-state index contributed by atoms with van der Waals surface area (Å²) < 4.78 is 6.04. The molecule has 1 aromatic rings. The number of ether oxygens (including phenoxy) is 1. The quantitative estimate of drug-likeness (QED) is 0.495. The molecule has 0 heterocycles. The van der Waals surface area contributed by atoms with E-state index in [4.69, 9.17) is 4.74 Å². The van der Waals surface area contributed by atoms with E-state index >= 15 is 0 Å². The van der Waals surface area contributed by atoms with Crippen molar-refractivity contribution in [1.82, 2.24) is 10.9 Å². The zero-order valence-electron chi connectivity index (χ0n) is 11.1. The summed E-state index contributed by atoms with van der Waals surface area (Å²) in [4.78, 5) is 21.1. The van der Waals surface area contributed by atoms with E-state index in [1.165, 1.54) is 6.08 Å². The van der Waals surface area contributed by atoms with Gasteiger partial charge < -0.3 is 4.74 Å². The van der Waals surface area contributed by atoms with Gasteiger partial charge in [-0.3, -0.25) is 20.4 Å². The van der Waals surface area contributed by atoms with Crippen molar-refractivity contribution in [2.75, 3.05) is 7.11 Å². The van der Waals surface area contributed by atoms with Gasteiger partial charge in [0.1, 0.15) is 5.75 Å². The van der Waals surface area contributed by atoms with Gasteiger partial charge in [0.05, 0.1) is 7.11 Å². The lowest BCUT2D eigenvalue weighted by atomic mass is 10.2. The molecule has 0 aromatic heterocycles. The highest BCUT2D eigenvalue weighted by atomic mass is 79.9. The lowest BCUT2D eigenvalue weighted by Crippen LogP contribution is -2.34. The summed E-state index contributed by atoms with van der Waals surface area (Å²) in [5, 5.41) is 0. The van der Waals surface area contributed by atoms with Gasteiger partial charge in [0, 0.05) is 16.1 Å². The van der Waals surface area contributed by atoms with Crippen LogP contribution >= 0.6 is 15.9 Å². The van der Waals surface area contributed by atoms with Crippen LogP contribution in [0.1, 0.15) is 19.4 Å². The van der Waals surface area contributed by atoms with Crippen LogP contribution in [0.15, 0.2) is 28.7 Å². The van der Waals surface area contributed by atoms with Crippen LogP contribution in [-0.4, -0.2) is 19.4 Å². The Morgan fingerprint density at radius 3 is 2.63 bits per heavy atom. The molecule has 1 rings (SSSR count). The third kappa shape index (κ3) is 6.61. The van der Waals surface area contributed by atoms with Crippen molar-refractivity contribution < 1.29 is 14.3 Å². The smallest absolute Gasteiger partial charge is 0.262 e. The molecule has 0 bridgehead atoms. The Bertz CT molecular complexity index is 448. The summed E-state index contributed by atoms with van der Waals surface area (Å²) >= 11 is 3.32. The number of halogens is 1. The van der Waals surface area contributed by atoms with Gasteiger partial charge in [0.2, 0.25) is 6.41 Å². The van der Waals surface area contributed by atoms with E-state index in [2.05, 4.69) is 26.8 Å². The number of hydrazine groups is 1. The van der Waals surface area contributed by atoms with Crippen LogP contribution in [0.3, 0.4) is 0 Å². The zero-order valence-corrected chi connectivity index (χ0v) is 12.7. The second kappa shape index (κ2) is 10.1. The molecule has 0 fully saturated rings. The minimum absolute atomic E-state index is 0.381. The van der Waals surface area contributed by atoms with Gasteiger partial charge in [-0.15, -0.1) is 0 Å². The van der Waals surface area contributed by atoms with E-state index in [0.717, 1.165) is 10.0 Å². The molecule has 104 valence electrons. The van der Waals surface area contributed by atoms with Gasteiger partial charge in [-0.1, -0.05) is 35.8 Å². The first-order chi connectivity index (χ1) is 9.17. The molecule has 0 radical (unpaired) electrons. The molecule has 0 spiro atoms. The van der Waals surface area contributed by atoms with Crippen LogP contribution < -0.4 is 15.6 Å². The molecule has 19 heavy (non-hydrogen) atoms. The van der Waals surface area contributed by atoms with E-state index in [9.17, 15) is 9.59 Å². The van der Waals surface area contributed by atoms with Gasteiger partial charge in [-0.25, -0.2) is 0 Å². The average molecular weight is 329 g/mol. The number of amides is 2.